The van der Waals surface area contributed by atoms with Crippen LogP contribution >= 0.6 is 27.5 Å². The van der Waals surface area contributed by atoms with Gasteiger partial charge in [-0.2, -0.15) is 0 Å². The molecule has 0 amide bonds. The monoisotopic (exact) mass is 390 g/mol. The molecule has 1 aromatic heterocycles. The van der Waals surface area contributed by atoms with Crippen LogP contribution in [-0.2, 0) is 4.74 Å². The van der Waals surface area contributed by atoms with Gasteiger partial charge in [0, 0.05) is 32.2 Å². The Labute approximate surface area is 146 Å². The largest absolute Gasteiger partial charge is 0.465 e. The Morgan fingerprint density at radius 3 is 2.78 bits per heavy atom. The normalized spacial score (nSPS) is 10.6. The minimum atomic E-state index is -0.412. The smallest absolute Gasteiger partial charge is 0.338 e. The van der Waals surface area contributed by atoms with Crippen LogP contribution in [0.2, 0.25) is 5.02 Å². The molecule has 0 aliphatic carbocycles. The molecule has 2 aromatic carbocycles. The number of benzene rings is 2. The fourth-order valence-corrected chi connectivity index (χ4v) is 2.96. The lowest BCUT2D eigenvalue weighted by molar-refractivity contribution is 0.0603. The molecular weight excluding hydrogens is 380 g/mol. The Morgan fingerprint density at radius 1 is 1.26 bits per heavy atom. The fourth-order valence-electron chi connectivity index (χ4n) is 2.34. The summed E-state index contributed by atoms with van der Waals surface area (Å²) in [6.45, 7) is 0. The van der Waals surface area contributed by atoms with Gasteiger partial charge >= 0.3 is 5.97 Å². The Balaban J connectivity index is 2.20. The van der Waals surface area contributed by atoms with E-state index in [1.165, 1.54) is 7.11 Å². The zero-order valence-electron chi connectivity index (χ0n) is 12.1. The van der Waals surface area contributed by atoms with Crippen molar-refractivity contribution in [2.24, 2.45) is 0 Å². The van der Waals surface area contributed by atoms with Gasteiger partial charge in [0.15, 0.2) is 0 Å². The highest BCUT2D eigenvalue weighted by Crippen LogP contribution is 2.33. The molecule has 0 saturated heterocycles. The highest BCUT2D eigenvalue weighted by atomic mass is 79.9. The summed E-state index contributed by atoms with van der Waals surface area (Å²) in [6.07, 6.45) is 1.69. The molecule has 0 spiro atoms. The number of nitrogens with one attached hydrogen (secondary N) is 1. The second-order valence-corrected chi connectivity index (χ2v) is 6.10. The van der Waals surface area contributed by atoms with E-state index in [1.807, 2.05) is 24.3 Å². The van der Waals surface area contributed by atoms with Crippen molar-refractivity contribution < 1.29 is 9.53 Å². The quantitative estimate of drug-likeness (QED) is 0.625. The molecule has 4 nitrogen and oxygen atoms in total. The summed E-state index contributed by atoms with van der Waals surface area (Å²) >= 11 is 9.49. The number of fused-ring (bicyclic) bond motifs is 1. The van der Waals surface area contributed by atoms with Crippen molar-refractivity contribution in [3.63, 3.8) is 0 Å². The van der Waals surface area contributed by atoms with Crippen molar-refractivity contribution in [3.05, 3.63) is 63.7 Å². The molecule has 23 heavy (non-hydrogen) atoms. The van der Waals surface area contributed by atoms with E-state index in [0.717, 1.165) is 15.5 Å². The summed E-state index contributed by atoms with van der Waals surface area (Å²) in [5.41, 5.74) is 1.23. The summed E-state index contributed by atoms with van der Waals surface area (Å²) in [5.74, 6) is 0.149. The van der Waals surface area contributed by atoms with Gasteiger partial charge in [-0.25, -0.2) is 9.78 Å². The molecule has 0 bridgehead atoms. The van der Waals surface area contributed by atoms with E-state index < -0.39 is 5.97 Å². The number of hydrogen-bond acceptors (Lipinski definition) is 4. The molecular formula is C17H12BrClN2O2. The first-order valence-corrected chi connectivity index (χ1v) is 7.95. The Morgan fingerprint density at radius 2 is 2.04 bits per heavy atom. The molecule has 3 aromatic rings. The van der Waals surface area contributed by atoms with E-state index in [1.54, 1.807) is 24.4 Å². The van der Waals surface area contributed by atoms with Gasteiger partial charge in [-0.1, -0.05) is 29.8 Å². The van der Waals surface area contributed by atoms with Gasteiger partial charge in [0.25, 0.3) is 0 Å². The predicted molar refractivity (Wildman–Crippen MR) is 95.5 cm³/mol. The van der Waals surface area contributed by atoms with Gasteiger partial charge in [-0.15, -0.1) is 0 Å². The Bertz CT molecular complexity index is 899. The van der Waals surface area contributed by atoms with Gasteiger partial charge in [-0.05, 0) is 40.2 Å². The topological polar surface area (TPSA) is 51.2 Å². The van der Waals surface area contributed by atoms with Crippen molar-refractivity contribution in [1.82, 2.24) is 4.98 Å². The maximum Gasteiger partial charge on any atom is 0.338 e. The molecule has 6 heteroatoms. The third kappa shape index (κ3) is 3.16. The second kappa shape index (κ2) is 6.56. The standard InChI is InChI=1S/C17H12BrClN2O2/c1-23-17(22)13-7-3-6-12-14(18)9-20-16(15(12)13)21-11-5-2-4-10(19)8-11/h2-9H,1H3,(H,20,21). The third-order valence-corrected chi connectivity index (χ3v) is 4.23. The lowest BCUT2D eigenvalue weighted by Gasteiger charge is -2.13. The van der Waals surface area contributed by atoms with Crippen molar-refractivity contribution in [1.29, 1.82) is 0 Å². The minimum absolute atomic E-state index is 0.412. The van der Waals surface area contributed by atoms with E-state index in [0.29, 0.717) is 21.8 Å². The number of esters is 1. The molecule has 0 unspecified atom stereocenters. The molecule has 0 atom stereocenters. The molecule has 1 heterocycles. The van der Waals surface area contributed by atoms with Crippen LogP contribution in [0.25, 0.3) is 10.8 Å². The number of hydrogen-bond donors (Lipinski definition) is 1. The molecule has 0 fully saturated rings. The van der Waals surface area contributed by atoms with Crippen LogP contribution in [0, 0.1) is 0 Å². The van der Waals surface area contributed by atoms with Crippen molar-refractivity contribution >= 4 is 55.8 Å². The number of nitrogens with zero attached hydrogens (tertiary/aromatic N) is 1. The number of aromatic nitrogens is 1. The molecule has 0 aliphatic heterocycles. The highest BCUT2D eigenvalue weighted by molar-refractivity contribution is 9.10. The summed E-state index contributed by atoms with van der Waals surface area (Å²) in [5, 5.41) is 5.38. The van der Waals surface area contributed by atoms with Gasteiger partial charge in [0.05, 0.1) is 12.7 Å². The van der Waals surface area contributed by atoms with Crippen LogP contribution in [0.3, 0.4) is 0 Å². The number of carbonyl (C=O) groups is 1. The second-order valence-electron chi connectivity index (χ2n) is 4.81. The molecule has 3 rings (SSSR count). The first-order valence-electron chi connectivity index (χ1n) is 6.78. The van der Waals surface area contributed by atoms with E-state index in [4.69, 9.17) is 16.3 Å². The van der Waals surface area contributed by atoms with Crippen LogP contribution in [0.4, 0.5) is 11.5 Å². The van der Waals surface area contributed by atoms with Crippen LogP contribution in [-0.4, -0.2) is 18.1 Å². The Hall–Kier alpha value is -2.11. The summed E-state index contributed by atoms with van der Waals surface area (Å²) in [4.78, 5) is 16.5. The zero-order valence-corrected chi connectivity index (χ0v) is 14.5. The summed E-state index contributed by atoms with van der Waals surface area (Å²) in [7, 11) is 1.36. The number of pyridine rings is 1. The van der Waals surface area contributed by atoms with Crippen molar-refractivity contribution in [2.75, 3.05) is 12.4 Å². The number of carbonyl (C=O) groups excluding carboxylic acids is 1. The van der Waals surface area contributed by atoms with Crippen LogP contribution in [0.5, 0.6) is 0 Å². The van der Waals surface area contributed by atoms with Crippen molar-refractivity contribution in [3.8, 4) is 0 Å². The van der Waals surface area contributed by atoms with Gasteiger partial charge < -0.3 is 10.1 Å². The zero-order chi connectivity index (χ0) is 16.4. The first kappa shape index (κ1) is 15.8. The maximum absolute atomic E-state index is 12.1. The van der Waals surface area contributed by atoms with Crippen LogP contribution in [0.15, 0.2) is 53.1 Å². The van der Waals surface area contributed by atoms with E-state index in [2.05, 4.69) is 26.2 Å². The van der Waals surface area contributed by atoms with E-state index in [-0.39, 0.29) is 0 Å². The number of anilines is 2. The average Bonchev–Trinajstić information content (AvgIpc) is 2.56. The Kier molecular flexibility index (Phi) is 4.50. The number of methoxy groups -OCH3 is 1. The number of halogens is 2. The molecule has 0 aliphatic rings. The minimum Gasteiger partial charge on any atom is -0.465 e. The maximum atomic E-state index is 12.1. The summed E-state index contributed by atoms with van der Waals surface area (Å²) < 4.78 is 5.68. The first-order chi connectivity index (χ1) is 11.1. The number of ether oxygens (including phenoxy) is 1. The highest BCUT2D eigenvalue weighted by Gasteiger charge is 2.16. The fraction of sp³-hybridized carbons (Fsp3) is 0.0588. The average molecular weight is 392 g/mol. The molecule has 0 radical (unpaired) electrons. The SMILES string of the molecule is COC(=O)c1cccc2c(Br)cnc(Nc3cccc(Cl)c3)c12. The van der Waals surface area contributed by atoms with Gasteiger partial charge in [0.1, 0.15) is 5.82 Å². The third-order valence-electron chi connectivity index (χ3n) is 3.36. The van der Waals surface area contributed by atoms with Crippen LogP contribution in [0.1, 0.15) is 10.4 Å². The van der Waals surface area contributed by atoms with Gasteiger partial charge in [-0.3, -0.25) is 0 Å². The molecule has 0 saturated carbocycles. The van der Waals surface area contributed by atoms with E-state index >= 15 is 0 Å². The number of rotatable bonds is 3. The van der Waals surface area contributed by atoms with Crippen LogP contribution < -0.4 is 5.32 Å². The van der Waals surface area contributed by atoms with E-state index in [9.17, 15) is 4.79 Å². The lowest BCUT2D eigenvalue weighted by Crippen LogP contribution is -2.05. The lowest BCUT2D eigenvalue weighted by atomic mass is 10.1. The molecule has 1 N–H and O–H groups in total. The predicted octanol–water partition coefficient (Wildman–Crippen LogP) is 5.18. The summed E-state index contributed by atoms with van der Waals surface area (Å²) in [6, 6.07) is 12.7. The van der Waals surface area contributed by atoms with Crippen molar-refractivity contribution in [2.45, 2.75) is 0 Å². The molecule has 116 valence electrons. The van der Waals surface area contributed by atoms with Gasteiger partial charge in [0.2, 0.25) is 0 Å².